The van der Waals surface area contributed by atoms with E-state index in [1.54, 1.807) is 20.2 Å². The Morgan fingerprint density at radius 2 is 2.24 bits per heavy atom. The molecule has 1 atom stereocenters. The van der Waals surface area contributed by atoms with Crippen LogP contribution in [0.4, 0.5) is 4.79 Å². The molecule has 7 nitrogen and oxygen atoms in total. The van der Waals surface area contributed by atoms with E-state index >= 15 is 0 Å². The van der Waals surface area contributed by atoms with Crippen LogP contribution in [-0.4, -0.2) is 51.9 Å². The highest BCUT2D eigenvalue weighted by Gasteiger charge is 2.16. The zero-order chi connectivity index (χ0) is 15.8. The van der Waals surface area contributed by atoms with Crippen molar-refractivity contribution >= 4 is 27.9 Å². The quantitative estimate of drug-likeness (QED) is 0.691. The number of rotatable bonds is 8. The van der Waals surface area contributed by atoms with Crippen LogP contribution in [0.25, 0.3) is 0 Å². The number of hydrogen-bond acceptors (Lipinski definition) is 3. The summed E-state index contributed by atoms with van der Waals surface area (Å²) in [5, 5.41) is 15.7. The Labute approximate surface area is 132 Å². The number of carbonyl (C=O) groups is 2. The van der Waals surface area contributed by atoms with Crippen LogP contribution in [0.15, 0.2) is 16.9 Å². The molecule has 0 aliphatic heterocycles. The van der Waals surface area contributed by atoms with Crippen molar-refractivity contribution in [1.82, 2.24) is 20.0 Å². The number of carboxylic acids is 1. The average molecular weight is 361 g/mol. The number of halogens is 1. The van der Waals surface area contributed by atoms with Gasteiger partial charge < -0.3 is 15.3 Å². The molecule has 8 heteroatoms. The number of nitrogens with zero attached hydrogens (tertiary/aromatic N) is 3. The molecule has 2 N–H and O–H groups in total. The molecule has 0 bridgehead atoms. The molecule has 0 saturated heterocycles. The number of unbranched alkanes of at least 4 members (excludes halogenated alkanes) is 1. The topological polar surface area (TPSA) is 87.5 Å². The Kier molecular flexibility index (Phi) is 7.21. The highest BCUT2D eigenvalue weighted by atomic mass is 79.9. The molecule has 118 valence electrons. The summed E-state index contributed by atoms with van der Waals surface area (Å²) in [4.78, 5) is 23.9. The van der Waals surface area contributed by atoms with E-state index in [9.17, 15) is 9.59 Å². The number of aliphatic carboxylic acids is 1. The maximum Gasteiger partial charge on any atom is 0.317 e. The number of aromatic nitrogens is 2. The molecule has 0 saturated carbocycles. The van der Waals surface area contributed by atoms with E-state index in [4.69, 9.17) is 5.11 Å². The minimum absolute atomic E-state index is 0.197. The van der Waals surface area contributed by atoms with E-state index < -0.39 is 11.9 Å². The summed E-state index contributed by atoms with van der Waals surface area (Å²) in [7, 11) is 1.59. The zero-order valence-electron chi connectivity index (χ0n) is 12.3. The van der Waals surface area contributed by atoms with Gasteiger partial charge in [-0.05, 0) is 28.8 Å². The maximum atomic E-state index is 11.7. The summed E-state index contributed by atoms with van der Waals surface area (Å²) < 4.78 is 2.79. The lowest BCUT2D eigenvalue weighted by Crippen LogP contribution is -2.41. The van der Waals surface area contributed by atoms with Gasteiger partial charge in [0.15, 0.2) is 0 Å². The van der Waals surface area contributed by atoms with E-state index in [1.165, 1.54) is 4.90 Å². The molecule has 1 aromatic rings. The highest BCUT2D eigenvalue weighted by Crippen LogP contribution is 2.06. The predicted molar refractivity (Wildman–Crippen MR) is 82.0 cm³/mol. The van der Waals surface area contributed by atoms with Crippen molar-refractivity contribution in [1.29, 1.82) is 0 Å². The van der Waals surface area contributed by atoms with E-state index in [1.807, 2.05) is 10.9 Å². The summed E-state index contributed by atoms with van der Waals surface area (Å²) in [6.45, 7) is 3.14. The average Bonchev–Trinajstić information content (AvgIpc) is 2.83. The maximum absolute atomic E-state index is 11.7. The third kappa shape index (κ3) is 6.61. The van der Waals surface area contributed by atoms with Crippen molar-refractivity contribution in [2.45, 2.75) is 26.3 Å². The Hall–Kier alpha value is -1.57. The number of aryl methyl sites for hydroxylation is 1. The number of carbonyl (C=O) groups excluding carboxylic acids is 1. The minimum Gasteiger partial charge on any atom is -0.481 e. The molecule has 1 aromatic heterocycles. The second kappa shape index (κ2) is 8.66. The number of urea groups is 1. The third-order valence-electron chi connectivity index (χ3n) is 3.01. The fourth-order valence-electron chi connectivity index (χ4n) is 1.76. The first-order valence-corrected chi connectivity index (χ1v) is 7.59. The Morgan fingerprint density at radius 3 is 2.81 bits per heavy atom. The number of hydrogen-bond donors (Lipinski definition) is 2. The van der Waals surface area contributed by atoms with Gasteiger partial charge in [0.1, 0.15) is 0 Å². The van der Waals surface area contributed by atoms with Crippen LogP contribution in [0.2, 0.25) is 0 Å². The number of carboxylic acid groups (broad SMARTS) is 1. The Bertz CT molecular complexity index is 478. The first-order chi connectivity index (χ1) is 9.90. The first-order valence-electron chi connectivity index (χ1n) is 6.80. The SMILES string of the molecule is CC(CN(C)C(=O)NCCCCn1cc(Br)cn1)C(=O)O. The lowest BCUT2D eigenvalue weighted by atomic mass is 10.2. The predicted octanol–water partition coefficient (Wildman–Crippen LogP) is 1.79. The molecule has 0 aliphatic carbocycles. The van der Waals surface area contributed by atoms with E-state index in [2.05, 4.69) is 26.3 Å². The molecule has 1 rings (SSSR count). The van der Waals surface area contributed by atoms with Gasteiger partial charge in [0, 0.05) is 32.9 Å². The second-order valence-corrected chi connectivity index (χ2v) is 5.90. The van der Waals surface area contributed by atoms with E-state index in [0.29, 0.717) is 6.54 Å². The molecule has 21 heavy (non-hydrogen) atoms. The van der Waals surface area contributed by atoms with Crippen LogP contribution in [0.5, 0.6) is 0 Å². The van der Waals surface area contributed by atoms with Crippen molar-refractivity contribution in [2.75, 3.05) is 20.1 Å². The van der Waals surface area contributed by atoms with Crippen molar-refractivity contribution < 1.29 is 14.7 Å². The van der Waals surface area contributed by atoms with E-state index in [-0.39, 0.29) is 12.6 Å². The van der Waals surface area contributed by atoms with Crippen LogP contribution >= 0.6 is 15.9 Å². The smallest absolute Gasteiger partial charge is 0.317 e. The molecule has 0 fully saturated rings. The molecule has 0 radical (unpaired) electrons. The normalized spacial score (nSPS) is 12.0. The van der Waals surface area contributed by atoms with Gasteiger partial charge in [-0.2, -0.15) is 5.10 Å². The second-order valence-electron chi connectivity index (χ2n) is 4.98. The van der Waals surface area contributed by atoms with Gasteiger partial charge in [0.2, 0.25) is 0 Å². The van der Waals surface area contributed by atoms with Crippen LogP contribution in [0.3, 0.4) is 0 Å². The fourth-order valence-corrected chi connectivity index (χ4v) is 2.09. The van der Waals surface area contributed by atoms with Gasteiger partial charge in [-0.1, -0.05) is 6.92 Å². The molecule has 1 unspecified atom stereocenters. The number of amides is 2. The van der Waals surface area contributed by atoms with E-state index in [0.717, 1.165) is 23.9 Å². The summed E-state index contributed by atoms with van der Waals surface area (Å²) >= 11 is 3.33. The van der Waals surface area contributed by atoms with Gasteiger partial charge in [-0.25, -0.2) is 4.79 Å². The lowest BCUT2D eigenvalue weighted by molar-refractivity contribution is -0.141. The van der Waals surface area contributed by atoms with Crippen LogP contribution in [0.1, 0.15) is 19.8 Å². The largest absolute Gasteiger partial charge is 0.481 e. The Balaban J connectivity index is 2.14. The van der Waals surface area contributed by atoms with Crippen molar-refractivity contribution in [2.24, 2.45) is 5.92 Å². The van der Waals surface area contributed by atoms with Gasteiger partial charge in [-0.3, -0.25) is 9.48 Å². The molecule has 2 amide bonds. The van der Waals surface area contributed by atoms with Crippen molar-refractivity contribution in [3.63, 3.8) is 0 Å². The van der Waals surface area contributed by atoms with Crippen LogP contribution < -0.4 is 5.32 Å². The first kappa shape index (κ1) is 17.5. The molecule has 0 aromatic carbocycles. The standard InChI is InChI=1S/C13H21BrN4O3/c1-10(12(19)20)8-17(2)13(21)15-5-3-4-6-18-9-11(14)7-16-18/h7,9-10H,3-6,8H2,1-2H3,(H,15,21)(H,19,20). The molecular weight excluding hydrogens is 340 g/mol. The van der Waals surface area contributed by atoms with Crippen molar-refractivity contribution in [3.05, 3.63) is 16.9 Å². The van der Waals surface area contributed by atoms with Gasteiger partial charge >= 0.3 is 12.0 Å². The monoisotopic (exact) mass is 360 g/mol. The van der Waals surface area contributed by atoms with Crippen LogP contribution in [0, 0.1) is 5.92 Å². The summed E-state index contributed by atoms with van der Waals surface area (Å²) in [6, 6.07) is -0.245. The molecule has 1 heterocycles. The Morgan fingerprint density at radius 1 is 1.52 bits per heavy atom. The minimum atomic E-state index is -0.903. The van der Waals surface area contributed by atoms with Gasteiger partial charge in [0.25, 0.3) is 0 Å². The molecular formula is C13H21BrN4O3. The number of nitrogens with one attached hydrogen (secondary N) is 1. The van der Waals surface area contributed by atoms with Crippen LogP contribution in [-0.2, 0) is 11.3 Å². The third-order valence-corrected chi connectivity index (χ3v) is 3.42. The molecule has 0 aliphatic rings. The lowest BCUT2D eigenvalue weighted by Gasteiger charge is -2.19. The zero-order valence-corrected chi connectivity index (χ0v) is 13.8. The van der Waals surface area contributed by atoms with Gasteiger partial charge in [-0.15, -0.1) is 0 Å². The van der Waals surface area contributed by atoms with Crippen molar-refractivity contribution in [3.8, 4) is 0 Å². The summed E-state index contributed by atoms with van der Waals surface area (Å²) in [5.74, 6) is -1.47. The molecule has 0 spiro atoms. The summed E-state index contributed by atoms with van der Waals surface area (Å²) in [5.41, 5.74) is 0. The summed E-state index contributed by atoms with van der Waals surface area (Å²) in [6.07, 6.45) is 5.38. The van der Waals surface area contributed by atoms with Gasteiger partial charge in [0.05, 0.1) is 16.6 Å². The fraction of sp³-hybridized carbons (Fsp3) is 0.615. The highest BCUT2D eigenvalue weighted by molar-refractivity contribution is 9.10.